The average molecular weight is 274 g/mol. The zero-order chi connectivity index (χ0) is 14.9. The summed E-state index contributed by atoms with van der Waals surface area (Å²) in [4.78, 5) is 2.38. The minimum Gasteiger partial charge on any atom is -0.374 e. The third-order valence-corrected chi connectivity index (χ3v) is 4.73. The van der Waals surface area contributed by atoms with Gasteiger partial charge in [-0.1, -0.05) is 19.9 Å². The Labute approximate surface area is 124 Å². The molecule has 0 bridgehead atoms. The van der Waals surface area contributed by atoms with E-state index < -0.39 is 0 Å². The zero-order valence-electron chi connectivity index (χ0n) is 13.7. The van der Waals surface area contributed by atoms with Gasteiger partial charge in [-0.2, -0.15) is 0 Å². The molecule has 1 aromatic carbocycles. The lowest BCUT2D eigenvalue weighted by Gasteiger charge is -2.41. The van der Waals surface area contributed by atoms with E-state index in [1.165, 1.54) is 36.1 Å². The Hall–Kier alpha value is -1.02. The van der Waals surface area contributed by atoms with Crippen LogP contribution >= 0.6 is 0 Å². The summed E-state index contributed by atoms with van der Waals surface area (Å²) in [6.07, 6.45) is 3.67. The van der Waals surface area contributed by atoms with Gasteiger partial charge >= 0.3 is 0 Å². The average Bonchev–Trinajstić information content (AvgIpc) is 2.32. The molecule has 0 aliphatic heterocycles. The van der Waals surface area contributed by atoms with Crippen LogP contribution in [0.3, 0.4) is 0 Å². The molecule has 1 saturated carbocycles. The largest absolute Gasteiger partial charge is 0.374 e. The fourth-order valence-corrected chi connectivity index (χ4v) is 3.58. The van der Waals surface area contributed by atoms with Gasteiger partial charge in [0.2, 0.25) is 0 Å². The molecule has 0 aromatic heterocycles. The summed E-state index contributed by atoms with van der Waals surface area (Å²) in [5.41, 5.74) is 10.8. The van der Waals surface area contributed by atoms with Crippen LogP contribution in [-0.2, 0) is 0 Å². The van der Waals surface area contributed by atoms with Gasteiger partial charge < -0.3 is 10.6 Å². The first-order valence-electron chi connectivity index (χ1n) is 7.82. The predicted molar refractivity (Wildman–Crippen MR) is 88.3 cm³/mol. The molecular formula is C18H30N2. The van der Waals surface area contributed by atoms with Crippen LogP contribution in [-0.4, -0.2) is 19.6 Å². The first kappa shape index (κ1) is 15.4. The predicted octanol–water partition coefficient (Wildman–Crippen LogP) is 3.89. The molecule has 0 radical (unpaired) electrons. The van der Waals surface area contributed by atoms with Crippen molar-refractivity contribution in [1.82, 2.24) is 0 Å². The van der Waals surface area contributed by atoms with Gasteiger partial charge in [-0.25, -0.2) is 0 Å². The summed E-state index contributed by atoms with van der Waals surface area (Å²) in [5, 5.41) is 0. The molecule has 2 nitrogen and oxygen atoms in total. The first-order chi connectivity index (χ1) is 9.27. The van der Waals surface area contributed by atoms with Crippen LogP contribution in [0.5, 0.6) is 0 Å². The molecule has 2 heteroatoms. The Morgan fingerprint density at radius 1 is 1.20 bits per heavy atom. The minimum absolute atomic E-state index is 0.358. The van der Waals surface area contributed by atoms with E-state index in [0.717, 1.165) is 6.54 Å². The normalized spacial score (nSPS) is 25.5. The highest BCUT2D eigenvalue weighted by Crippen LogP contribution is 2.38. The maximum atomic E-state index is 6.36. The van der Waals surface area contributed by atoms with E-state index in [0.29, 0.717) is 17.4 Å². The summed E-state index contributed by atoms with van der Waals surface area (Å²) in [6.45, 7) is 10.2. The van der Waals surface area contributed by atoms with Crippen molar-refractivity contribution in [3.8, 4) is 0 Å². The van der Waals surface area contributed by atoms with Crippen molar-refractivity contribution >= 4 is 5.69 Å². The van der Waals surface area contributed by atoms with Crippen molar-refractivity contribution in [1.29, 1.82) is 0 Å². The third-order valence-electron chi connectivity index (χ3n) is 4.73. The van der Waals surface area contributed by atoms with Crippen LogP contribution in [0, 0.1) is 25.2 Å². The highest BCUT2D eigenvalue weighted by molar-refractivity contribution is 5.50. The van der Waals surface area contributed by atoms with Crippen LogP contribution in [0.2, 0.25) is 0 Å². The molecular weight excluding hydrogens is 244 g/mol. The SMILES string of the molecule is Cc1cc(C)cc(N(C)CC2CC(C)(C)CCC2N)c1. The standard InChI is InChI=1S/C18H30N2/c1-13-8-14(2)10-16(9-13)20(5)12-15-11-18(3,4)7-6-17(15)19/h8-10,15,17H,6-7,11-12,19H2,1-5H3. The molecule has 112 valence electrons. The summed E-state index contributed by atoms with van der Waals surface area (Å²) in [6, 6.07) is 7.13. The molecule has 0 saturated heterocycles. The van der Waals surface area contributed by atoms with Gasteiger partial charge in [0.1, 0.15) is 0 Å². The maximum Gasteiger partial charge on any atom is 0.0369 e. The molecule has 1 aliphatic carbocycles. The molecule has 1 aromatic rings. The van der Waals surface area contributed by atoms with E-state index in [2.05, 4.69) is 57.8 Å². The lowest BCUT2D eigenvalue weighted by Crippen LogP contribution is -2.44. The van der Waals surface area contributed by atoms with Crippen LogP contribution in [0.25, 0.3) is 0 Å². The highest BCUT2D eigenvalue weighted by Gasteiger charge is 2.33. The molecule has 2 N–H and O–H groups in total. The van der Waals surface area contributed by atoms with E-state index in [1.807, 2.05) is 0 Å². The number of benzene rings is 1. The van der Waals surface area contributed by atoms with E-state index in [4.69, 9.17) is 5.73 Å². The number of nitrogens with two attached hydrogens (primary N) is 1. The Kier molecular flexibility index (Phi) is 4.43. The van der Waals surface area contributed by atoms with Crippen molar-refractivity contribution in [3.63, 3.8) is 0 Å². The van der Waals surface area contributed by atoms with Gasteiger partial charge in [-0.15, -0.1) is 0 Å². The number of hydrogen-bond acceptors (Lipinski definition) is 2. The number of anilines is 1. The first-order valence-corrected chi connectivity index (χ1v) is 7.82. The summed E-state index contributed by atoms with van der Waals surface area (Å²) in [7, 11) is 2.20. The molecule has 0 heterocycles. The van der Waals surface area contributed by atoms with Gasteiger partial charge in [0, 0.05) is 25.3 Å². The molecule has 0 spiro atoms. The number of rotatable bonds is 3. The number of nitrogens with zero attached hydrogens (tertiary/aromatic N) is 1. The Bertz CT molecular complexity index is 444. The molecule has 2 atom stereocenters. The van der Waals surface area contributed by atoms with Crippen molar-refractivity contribution in [2.75, 3.05) is 18.5 Å². The Morgan fingerprint density at radius 2 is 1.80 bits per heavy atom. The van der Waals surface area contributed by atoms with Crippen molar-refractivity contribution < 1.29 is 0 Å². The highest BCUT2D eigenvalue weighted by atomic mass is 15.1. The van der Waals surface area contributed by atoms with Crippen molar-refractivity contribution in [2.45, 2.75) is 53.0 Å². The van der Waals surface area contributed by atoms with Crippen LogP contribution < -0.4 is 10.6 Å². The van der Waals surface area contributed by atoms with E-state index in [-0.39, 0.29) is 0 Å². The summed E-state index contributed by atoms with van der Waals surface area (Å²) in [5.74, 6) is 0.601. The van der Waals surface area contributed by atoms with Crippen molar-refractivity contribution in [2.24, 2.45) is 17.1 Å². The third kappa shape index (κ3) is 3.76. The number of hydrogen-bond donors (Lipinski definition) is 1. The fourth-order valence-electron chi connectivity index (χ4n) is 3.58. The minimum atomic E-state index is 0.358. The second-order valence-electron chi connectivity index (χ2n) is 7.56. The molecule has 2 unspecified atom stereocenters. The van der Waals surface area contributed by atoms with Gasteiger partial charge in [-0.3, -0.25) is 0 Å². The lowest BCUT2D eigenvalue weighted by molar-refractivity contribution is 0.161. The van der Waals surface area contributed by atoms with Gasteiger partial charge in [0.25, 0.3) is 0 Å². The van der Waals surface area contributed by atoms with Crippen LogP contribution in [0.1, 0.15) is 44.2 Å². The van der Waals surface area contributed by atoms with Crippen LogP contribution in [0.15, 0.2) is 18.2 Å². The van der Waals surface area contributed by atoms with Gasteiger partial charge in [0.05, 0.1) is 0 Å². The quantitative estimate of drug-likeness (QED) is 0.906. The molecule has 0 amide bonds. The van der Waals surface area contributed by atoms with Crippen LogP contribution in [0.4, 0.5) is 5.69 Å². The molecule has 1 fully saturated rings. The molecule has 1 aliphatic rings. The van der Waals surface area contributed by atoms with Crippen molar-refractivity contribution in [3.05, 3.63) is 29.3 Å². The van der Waals surface area contributed by atoms with Gasteiger partial charge in [-0.05, 0) is 67.7 Å². The second-order valence-corrected chi connectivity index (χ2v) is 7.56. The van der Waals surface area contributed by atoms with E-state index in [1.54, 1.807) is 0 Å². The second kappa shape index (κ2) is 5.77. The monoisotopic (exact) mass is 274 g/mol. The topological polar surface area (TPSA) is 29.3 Å². The fraction of sp³-hybridized carbons (Fsp3) is 0.667. The zero-order valence-corrected chi connectivity index (χ0v) is 13.7. The Morgan fingerprint density at radius 3 is 2.40 bits per heavy atom. The Balaban J connectivity index is 2.08. The smallest absolute Gasteiger partial charge is 0.0369 e. The van der Waals surface area contributed by atoms with E-state index >= 15 is 0 Å². The van der Waals surface area contributed by atoms with Gasteiger partial charge in [0.15, 0.2) is 0 Å². The number of aryl methyl sites for hydroxylation is 2. The van der Waals surface area contributed by atoms with E-state index in [9.17, 15) is 0 Å². The lowest BCUT2D eigenvalue weighted by atomic mass is 9.70. The molecule has 2 rings (SSSR count). The summed E-state index contributed by atoms with van der Waals surface area (Å²) >= 11 is 0. The molecule has 20 heavy (non-hydrogen) atoms. The maximum absolute atomic E-state index is 6.36. The summed E-state index contributed by atoms with van der Waals surface area (Å²) < 4.78 is 0.